The minimum absolute atomic E-state index is 0.107. The number of aryl methyl sites for hydroxylation is 2. The predicted molar refractivity (Wildman–Crippen MR) is 165 cm³/mol. The maximum atomic E-state index is 14.2. The van der Waals surface area contributed by atoms with Gasteiger partial charge >= 0.3 is 0 Å². The van der Waals surface area contributed by atoms with Crippen LogP contribution < -0.4 is 19.1 Å². The molecule has 3 aromatic carbocycles. The Morgan fingerprint density at radius 2 is 1.52 bits per heavy atom. The van der Waals surface area contributed by atoms with Crippen molar-refractivity contribution in [1.29, 1.82) is 0 Å². The molecule has 1 atom stereocenters. The predicted octanol–water partition coefficient (Wildman–Crippen LogP) is 5.38. The minimum atomic E-state index is -4.32. The summed E-state index contributed by atoms with van der Waals surface area (Å²) in [5.41, 5.74) is 2.34. The van der Waals surface area contributed by atoms with Gasteiger partial charge in [-0.2, -0.15) is 0 Å². The van der Waals surface area contributed by atoms with Crippen LogP contribution in [0.3, 0.4) is 0 Å². The van der Waals surface area contributed by atoms with E-state index in [0.717, 1.165) is 15.4 Å². The number of amides is 2. The fourth-order valence-corrected chi connectivity index (χ4v) is 6.42. The zero-order valence-corrected chi connectivity index (χ0v) is 26.7. The molecule has 42 heavy (non-hydrogen) atoms. The van der Waals surface area contributed by atoms with Gasteiger partial charge in [-0.15, -0.1) is 0 Å². The molecule has 3 rings (SSSR count). The summed E-state index contributed by atoms with van der Waals surface area (Å²) in [7, 11) is -1.47. The highest BCUT2D eigenvalue weighted by Gasteiger charge is 2.33. The number of halogens is 2. The third kappa shape index (κ3) is 7.48. The molecule has 0 saturated carbocycles. The second-order valence-corrected chi connectivity index (χ2v) is 12.3. The van der Waals surface area contributed by atoms with Gasteiger partial charge in [0.15, 0.2) is 11.5 Å². The van der Waals surface area contributed by atoms with Gasteiger partial charge in [-0.25, -0.2) is 8.42 Å². The molecule has 0 aliphatic carbocycles. The van der Waals surface area contributed by atoms with Crippen LogP contribution in [0.4, 0.5) is 5.69 Å². The highest BCUT2D eigenvalue weighted by Crippen LogP contribution is 2.33. The summed E-state index contributed by atoms with van der Waals surface area (Å²) in [6.07, 6.45) is 0. The van der Waals surface area contributed by atoms with Crippen LogP contribution in [-0.2, 0) is 26.2 Å². The summed E-state index contributed by atoms with van der Waals surface area (Å²) in [4.78, 5) is 28.2. The third-order valence-electron chi connectivity index (χ3n) is 6.62. The van der Waals surface area contributed by atoms with E-state index in [-0.39, 0.29) is 22.9 Å². The first-order valence-corrected chi connectivity index (χ1v) is 15.4. The molecular formula is C30H35Cl2N3O6S. The fourth-order valence-electron chi connectivity index (χ4n) is 4.49. The van der Waals surface area contributed by atoms with Gasteiger partial charge in [0, 0.05) is 34.8 Å². The van der Waals surface area contributed by atoms with Crippen LogP contribution >= 0.6 is 23.2 Å². The number of rotatable bonds is 12. The molecule has 0 radical (unpaired) electrons. The van der Waals surface area contributed by atoms with Gasteiger partial charge < -0.3 is 19.7 Å². The van der Waals surface area contributed by atoms with E-state index in [1.807, 2.05) is 19.9 Å². The second-order valence-electron chi connectivity index (χ2n) is 9.67. The number of hydrogen-bond donors (Lipinski definition) is 1. The topological polar surface area (TPSA) is 105 Å². The number of methoxy groups -OCH3 is 2. The van der Waals surface area contributed by atoms with Crippen molar-refractivity contribution in [2.75, 3.05) is 31.6 Å². The third-order valence-corrected chi connectivity index (χ3v) is 9.10. The number of carbonyl (C=O) groups is 2. The quantitative estimate of drug-likeness (QED) is 0.287. The molecule has 12 heteroatoms. The summed E-state index contributed by atoms with van der Waals surface area (Å²) < 4.78 is 40.0. The molecule has 3 aromatic rings. The molecule has 2 amide bonds. The van der Waals surface area contributed by atoms with Gasteiger partial charge in [0.05, 0.1) is 24.8 Å². The number of likely N-dealkylation sites (N-methyl/N-ethyl adjacent to an activating group) is 1. The normalized spacial score (nSPS) is 11.9. The van der Waals surface area contributed by atoms with E-state index in [1.54, 1.807) is 44.2 Å². The molecule has 9 nitrogen and oxygen atoms in total. The van der Waals surface area contributed by atoms with Gasteiger partial charge in [0.2, 0.25) is 11.8 Å². The monoisotopic (exact) mass is 635 g/mol. The molecule has 0 saturated heterocycles. The largest absolute Gasteiger partial charge is 0.493 e. The number of nitrogens with one attached hydrogen (secondary N) is 1. The maximum absolute atomic E-state index is 14.2. The first kappa shape index (κ1) is 33.0. The Morgan fingerprint density at radius 3 is 2.07 bits per heavy atom. The molecule has 0 aliphatic rings. The van der Waals surface area contributed by atoms with Crippen LogP contribution in [0.2, 0.25) is 10.0 Å². The van der Waals surface area contributed by atoms with Crippen LogP contribution in [0, 0.1) is 13.8 Å². The van der Waals surface area contributed by atoms with Crippen molar-refractivity contribution in [2.24, 2.45) is 0 Å². The first-order valence-electron chi connectivity index (χ1n) is 13.2. The smallest absolute Gasteiger partial charge is 0.264 e. The SMILES string of the molecule is CCNC(=O)C(C)N(Cc1c(Cl)cccc1Cl)C(=O)CN(c1cc(C)cc(C)c1)S(=O)(=O)c1ccc(OC)c(OC)c1. The Morgan fingerprint density at radius 1 is 0.929 bits per heavy atom. The Bertz CT molecular complexity index is 1520. The van der Waals surface area contributed by atoms with Crippen LogP contribution in [0.5, 0.6) is 11.5 Å². The van der Waals surface area contributed by atoms with Gasteiger partial charge in [-0.3, -0.25) is 13.9 Å². The van der Waals surface area contributed by atoms with E-state index in [0.29, 0.717) is 27.9 Å². The highest BCUT2D eigenvalue weighted by molar-refractivity contribution is 7.92. The van der Waals surface area contributed by atoms with Crippen molar-refractivity contribution >= 4 is 50.7 Å². The Labute approximate surface area is 257 Å². The van der Waals surface area contributed by atoms with Crippen molar-refractivity contribution in [1.82, 2.24) is 10.2 Å². The molecule has 0 fully saturated rings. The van der Waals surface area contributed by atoms with E-state index in [9.17, 15) is 18.0 Å². The molecule has 1 N–H and O–H groups in total. The van der Waals surface area contributed by atoms with Crippen molar-refractivity contribution in [3.05, 3.63) is 81.3 Å². The summed E-state index contributed by atoms with van der Waals surface area (Å²) in [5.74, 6) is -0.475. The Hall–Kier alpha value is -3.47. The average molecular weight is 637 g/mol. The summed E-state index contributed by atoms with van der Waals surface area (Å²) in [6.45, 7) is 6.63. The molecule has 1 unspecified atom stereocenters. The van der Waals surface area contributed by atoms with Gasteiger partial charge in [0.1, 0.15) is 12.6 Å². The molecule has 0 aliphatic heterocycles. The number of anilines is 1. The molecule has 226 valence electrons. The van der Waals surface area contributed by atoms with E-state index < -0.39 is 34.4 Å². The fraction of sp³-hybridized carbons (Fsp3) is 0.333. The van der Waals surface area contributed by atoms with Crippen molar-refractivity contribution in [3.8, 4) is 11.5 Å². The lowest BCUT2D eigenvalue weighted by Crippen LogP contribution is -2.51. The lowest BCUT2D eigenvalue weighted by Gasteiger charge is -2.32. The van der Waals surface area contributed by atoms with E-state index in [4.69, 9.17) is 32.7 Å². The van der Waals surface area contributed by atoms with Crippen molar-refractivity contribution in [3.63, 3.8) is 0 Å². The van der Waals surface area contributed by atoms with Crippen molar-refractivity contribution < 1.29 is 27.5 Å². The molecule has 0 spiro atoms. The maximum Gasteiger partial charge on any atom is 0.264 e. The zero-order chi connectivity index (χ0) is 31.2. The number of nitrogens with zero attached hydrogens (tertiary/aromatic N) is 2. The lowest BCUT2D eigenvalue weighted by atomic mass is 10.1. The average Bonchev–Trinajstić information content (AvgIpc) is 2.94. The summed E-state index contributed by atoms with van der Waals surface area (Å²) in [6, 6.07) is 13.4. The van der Waals surface area contributed by atoms with Gasteiger partial charge in [0.25, 0.3) is 10.0 Å². The van der Waals surface area contributed by atoms with Crippen LogP contribution in [0.1, 0.15) is 30.5 Å². The van der Waals surface area contributed by atoms with E-state index in [2.05, 4.69) is 5.32 Å². The molecule has 0 aromatic heterocycles. The van der Waals surface area contributed by atoms with Crippen LogP contribution in [0.25, 0.3) is 0 Å². The lowest BCUT2D eigenvalue weighted by molar-refractivity contribution is -0.139. The standard InChI is InChI=1S/C30H35Cl2N3O6S/c1-7-33-30(37)21(4)34(17-24-25(31)9-8-10-26(24)32)29(36)18-35(22-14-19(2)13-20(3)15-22)42(38,39)23-11-12-27(40-5)28(16-23)41-6/h8-16,21H,7,17-18H2,1-6H3,(H,33,37). The minimum Gasteiger partial charge on any atom is -0.493 e. The van der Waals surface area contributed by atoms with E-state index in [1.165, 1.54) is 37.3 Å². The number of hydrogen-bond acceptors (Lipinski definition) is 6. The number of sulfonamides is 1. The first-order chi connectivity index (χ1) is 19.8. The van der Waals surface area contributed by atoms with E-state index >= 15 is 0 Å². The Kier molecular flexibility index (Phi) is 11.1. The number of benzene rings is 3. The van der Waals surface area contributed by atoms with Crippen LogP contribution in [0.15, 0.2) is 59.5 Å². The Balaban J connectivity index is 2.14. The molecule has 0 bridgehead atoms. The zero-order valence-electron chi connectivity index (χ0n) is 24.4. The van der Waals surface area contributed by atoms with Gasteiger partial charge in [-0.05, 0) is 75.2 Å². The number of ether oxygens (including phenoxy) is 2. The molecular weight excluding hydrogens is 601 g/mol. The van der Waals surface area contributed by atoms with Gasteiger partial charge in [-0.1, -0.05) is 35.3 Å². The number of carbonyl (C=O) groups excluding carboxylic acids is 2. The second kappa shape index (κ2) is 14.1. The van der Waals surface area contributed by atoms with Crippen molar-refractivity contribution in [2.45, 2.75) is 45.2 Å². The highest BCUT2D eigenvalue weighted by atomic mass is 35.5. The summed E-state index contributed by atoms with van der Waals surface area (Å²) >= 11 is 12.8. The molecule has 0 heterocycles. The van der Waals surface area contributed by atoms with Crippen LogP contribution in [-0.4, -0.2) is 58.5 Å². The summed E-state index contributed by atoms with van der Waals surface area (Å²) in [5, 5.41) is 3.34.